The second-order valence-electron chi connectivity index (χ2n) is 17.6. The molecular weight excluding hydrogens is 786 g/mol. The van der Waals surface area contributed by atoms with E-state index in [0.29, 0.717) is 61.6 Å². The maximum atomic E-state index is 13.1. The number of hydrogen-bond acceptors (Lipinski definition) is 8. The van der Waals surface area contributed by atoms with Gasteiger partial charge in [-0.3, -0.25) is 9.78 Å². The van der Waals surface area contributed by atoms with Crippen LogP contribution in [0.15, 0.2) is 97.5 Å². The lowest BCUT2D eigenvalue weighted by atomic mass is 9.59. The summed E-state index contributed by atoms with van der Waals surface area (Å²) in [5.74, 6) is 1.93. The zero-order chi connectivity index (χ0) is 42.4. The highest BCUT2D eigenvalue weighted by Gasteiger charge is 2.54. The fourth-order valence-corrected chi connectivity index (χ4v) is 10.4. The smallest absolute Gasteiger partial charge is 0.329 e. The van der Waals surface area contributed by atoms with E-state index in [9.17, 15) is 14.7 Å². The number of anilines is 1. The minimum atomic E-state index is -1.10. The Labute approximate surface area is 363 Å². The number of aliphatic carboxylic acids is 1. The van der Waals surface area contributed by atoms with Crippen LogP contribution < -0.4 is 20.1 Å². The Hall–Kier alpha value is -5.48. The molecule has 11 heteroatoms. The number of fused-ring (bicyclic) bond motifs is 3. The highest BCUT2D eigenvalue weighted by Crippen LogP contribution is 2.57. The van der Waals surface area contributed by atoms with E-state index in [1.54, 1.807) is 24.5 Å². The summed E-state index contributed by atoms with van der Waals surface area (Å²) in [4.78, 5) is 30.6. The minimum absolute atomic E-state index is 0.0376. The van der Waals surface area contributed by atoms with Gasteiger partial charge in [0, 0.05) is 40.3 Å². The van der Waals surface area contributed by atoms with E-state index in [-0.39, 0.29) is 23.7 Å². The van der Waals surface area contributed by atoms with Gasteiger partial charge in [-0.1, -0.05) is 61.8 Å². The van der Waals surface area contributed by atoms with Crippen LogP contribution in [0.5, 0.6) is 11.5 Å². The number of ether oxygens (including phenoxy) is 2. The van der Waals surface area contributed by atoms with Crippen molar-refractivity contribution in [3.05, 3.63) is 130 Å². The van der Waals surface area contributed by atoms with Crippen molar-refractivity contribution in [1.82, 2.24) is 20.5 Å². The van der Waals surface area contributed by atoms with E-state index < -0.39 is 11.5 Å². The standard InChI is InChI=1S/C50H56ClN5O5/c1-33(32-61-45-16-22-52-44-12-3-7-34(2)47(44)45)25-39-28-37-13-14-42(60-24-6-21-53-46(57)27-35-8-4-9-36(26-35)38-15-23-54-55-31-38)30-43(37)49(39)17-19-50(20-18-49,48(58)59)56-41-11-5-10-40(51)29-41/h4-5,8-11,13-16,22-23,26,29-31,33-34,39,56H,3,6-7,12,17-21,24-25,27-28,32H2,1-2H3,(H,53,57)(H,58,59)/t33-,34-,39+,49?,50?/m1/s1. The molecule has 10 nitrogen and oxygen atoms in total. The van der Waals surface area contributed by atoms with Crippen LogP contribution in [0.1, 0.15) is 99.1 Å². The van der Waals surface area contributed by atoms with E-state index in [4.69, 9.17) is 21.1 Å². The quantitative estimate of drug-likeness (QED) is 0.0830. The molecular formula is C50H56ClN5O5. The fraction of sp³-hybridized carbons (Fsp3) is 0.420. The highest BCUT2D eigenvalue weighted by atomic mass is 35.5. The van der Waals surface area contributed by atoms with Gasteiger partial charge in [0.1, 0.15) is 17.0 Å². The summed E-state index contributed by atoms with van der Waals surface area (Å²) in [7, 11) is 0. The maximum absolute atomic E-state index is 13.1. The van der Waals surface area contributed by atoms with Gasteiger partial charge in [0.25, 0.3) is 0 Å². The lowest BCUT2D eigenvalue weighted by Crippen LogP contribution is -2.53. The third-order valence-corrected chi connectivity index (χ3v) is 13.6. The van der Waals surface area contributed by atoms with Crippen LogP contribution in [-0.2, 0) is 34.3 Å². The Kier molecular flexibility index (Phi) is 12.9. The number of aryl methyl sites for hydroxylation is 1. The van der Waals surface area contributed by atoms with E-state index in [2.05, 4.69) is 57.9 Å². The summed E-state index contributed by atoms with van der Waals surface area (Å²) < 4.78 is 13.0. The molecule has 5 aromatic rings. The van der Waals surface area contributed by atoms with Gasteiger partial charge in [0.15, 0.2) is 0 Å². The number of halogens is 1. The number of aromatic nitrogens is 3. The summed E-state index contributed by atoms with van der Waals surface area (Å²) in [6.07, 6.45) is 13.8. The number of carboxylic acid groups (broad SMARTS) is 1. The number of carboxylic acids is 1. The van der Waals surface area contributed by atoms with Crippen molar-refractivity contribution in [1.29, 1.82) is 0 Å². The van der Waals surface area contributed by atoms with Gasteiger partial charge in [-0.15, -0.1) is 0 Å². The average Bonchev–Trinajstić information content (AvgIpc) is 3.54. The molecule has 3 aliphatic rings. The van der Waals surface area contributed by atoms with Gasteiger partial charge in [-0.05, 0) is 152 Å². The molecule has 3 N–H and O–H groups in total. The molecule has 0 saturated heterocycles. The molecule has 1 saturated carbocycles. The van der Waals surface area contributed by atoms with Crippen molar-refractivity contribution in [2.24, 2.45) is 11.8 Å². The van der Waals surface area contributed by atoms with E-state index in [1.165, 1.54) is 22.4 Å². The minimum Gasteiger partial charge on any atom is -0.494 e. The molecule has 0 aliphatic heterocycles. The number of carbonyl (C=O) groups excluding carboxylic acids is 1. The first kappa shape index (κ1) is 42.2. The zero-order valence-corrected chi connectivity index (χ0v) is 35.9. The van der Waals surface area contributed by atoms with Gasteiger partial charge in [0.05, 0.1) is 32.0 Å². The number of rotatable bonds is 16. The average molecular weight is 842 g/mol. The summed E-state index contributed by atoms with van der Waals surface area (Å²) in [5.41, 5.74) is 7.32. The molecule has 0 unspecified atom stereocenters. The van der Waals surface area contributed by atoms with Crippen LogP contribution in [0.25, 0.3) is 11.1 Å². The third kappa shape index (κ3) is 9.55. The van der Waals surface area contributed by atoms with Crippen LogP contribution in [0.2, 0.25) is 5.02 Å². The molecule has 8 rings (SSSR count). The van der Waals surface area contributed by atoms with Crippen molar-refractivity contribution in [2.75, 3.05) is 25.1 Å². The molecule has 2 aromatic heterocycles. The number of nitrogens with zero attached hydrogens (tertiary/aromatic N) is 3. The van der Waals surface area contributed by atoms with E-state index in [1.807, 2.05) is 54.7 Å². The van der Waals surface area contributed by atoms with Crippen molar-refractivity contribution in [3.63, 3.8) is 0 Å². The monoisotopic (exact) mass is 841 g/mol. The fourth-order valence-electron chi connectivity index (χ4n) is 10.2. The lowest BCUT2D eigenvalue weighted by molar-refractivity contribution is -0.144. The molecule has 61 heavy (non-hydrogen) atoms. The highest BCUT2D eigenvalue weighted by molar-refractivity contribution is 6.30. The van der Waals surface area contributed by atoms with Gasteiger partial charge >= 0.3 is 5.97 Å². The molecule has 318 valence electrons. The Morgan fingerprint density at radius 3 is 2.61 bits per heavy atom. The second kappa shape index (κ2) is 18.6. The summed E-state index contributed by atoms with van der Waals surface area (Å²) >= 11 is 6.32. The van der Waals surface area contributed by atoms with Crippen molar-refractivity contribution >= 4 is 29.2 Å². The SMILES string of the molecule is C[C@@H](COc1ccnc2c1[C@H](C)CCC2)C[C@H]1Cc2ccc(OCCCNC(=O)Cc3cccc(-c4ccnnc4)c3)cc2C12CCC(Nc1cccc(Cl)c1)(C(=O)O)CC2. The number of carbonyl (C=O) groups is 2. The summed E-state index contributed by atoms with van der Waals surface area (Å²) in [6, 6.07) is 25.6. The Morgan fingerprint density at radius 1 is 0.951 bits per heavy atom. The van der Waals surface area contributed by atoms with Gasteiger partial charge in [0.2, 0.25) is 5.91 Å². The number of hydrogen-bond donors (Lipinski definition) is 3. The molecule has 3 aliphatic carbocycles. The number of nitrogens with one attached hydrogen (secondary N) is 2. The predicted octanol–water partition coefficient (Wildman–Crippen LogP) is 9.78. The first-order valence-electron chi connectivity index (χ1n) is 21.9. The first-order chi connectivity index (χ1) is 29.6. The van der Waals surface area contributed by atoms with E-state index in [0.717, 1.165) is 73.1 Å². The Balaban J connectivity index is 0.929. The van der Waals surface area contributed by atoms with Crippen LogP contribution in [0.3, 0.4) is 0 Å². The summed E-state index contributed by atoms with van der Waals surface area (Å²) in [5, 5.41) is 25.6. The van der Waals surface area contributed by atoms with Crippen molar-refractivity contribution < 1.29 is 24.2 Å². The normalized spacial score (nSPS) is 22.1. The maximum Gasteiger partial charge on any atom is 0.329 e. The molecule has 3 atom stereocenters. The van der Waals surface area contributed by atoms with Crippen LogP contribution in [0, 0.1) is 11.8 Å². The van der Waals surface area contributed by atoms with Crippen LogP contribution in [-0.4, -0.2) is 57.5 Å². The summed E-state index contributed by atoms with van der Waals surface area (Å²) in [6.45, 7) is 6.13. The largest absolute Gasteiger partial charge is 0.494 e. The van der Waals surface area contributed by atoms with Crippen molar-refractivity contribution in [2.45, 2.75) is 101 Å². The van der Waals surface area contributed by atoms with Crippen molar-refractivity contribution in [3.8, 4) is 22.6 Å². The number of amides is 1. The number of benzene rings is 3. The molecule has 1 amide bonds. The third-order valence-electron chi connectivity index (χ3n) is 13.4. The molecule has 0 bridgehead atoms. The lowest BCUT2D eigenvalue weighted by Gasteiger charge is -2.47. The molecule has 0 radical (unpaired) electrons. The first-order valence-corrected chi connectivity index (χ1v) is 22.3. The Morgan fingerprint density at radius 2 is 1.80 bits per heavy atom. The van der Waals surface area contributed by atoms with Gasteiger partial charge in [-0.2, -0.15) is 10.2 Å². The molecule has 1 spiro atoms. The van der Waals surface area contributed by atoms with Crippen LogP contribution in [0.4, 0.5) is 5.69 Å². The molecule has 2 heterocycles. The topological polar surface area (TPSA) is 136 Å². The second-order valence-corrected chi connectivity index (χ2v) is 18.0. The van der Waals surface area contributed by atoms with Gasteiger partial charge < -0.3 is 25.2 Å². The molecule has 3 aromatic carbocycles. The van der Waals surface area contributed by atoms with Gasteiger partial charge in [-0.25, -0.2) is 4.79 Å². The Bertz CT molecular complexity index is 2330. The zero-order valence-electron chi connectivity index (χ0n) is 35.2. The van der Waals surface area contributed by atoms with E-state index >= 15 is 0 Å². The van der Waals surface area contributed by atoms with Crippen LogP contribution >= 0.6 is 11.6 Å². The number of pyridine rings is 1. The molecule has 1 fully saturated rings. The predicted molar refractivity (Wildman–Crippen MR) is 238 cm³/mol.